The summed E-state index contributed by atoms with van der Waals surface area (Å²) < 4.78 is 1.42. The number of hydrogen-bond acceptors (Lipinski definition) is 2. The first-order chi connectivity index (χ1) is 8.66. The lowest BCUT2D eigenvalue weighted by Gasteiger charge is -2.04. The molecule has 0 spiro atoms. The molecule has 0 bridgehead atoms. The van der Waals surface area contributed by atoms with Gasteiger partial charge in [-0.15, -0.1) is 0 Å². The largest absolute Gasteiger partial charge is 0.477 e. The molecule has 0 aliphatic heterocycles. The van der Waals surface area contributed by atoms with E-state index in [1.807, 2.05) is 18.2 Å². The molecule has 92 valence electrons. The summed E-state index contributed by atoms with van der Waals surface area (Å²) in [6.45, 7) is 0. The van der Waals surface area contributed by atoms with Crippen LogP contribution in [0.1, 0.15) is 34.8 Å². The van der Waals surface area contributed by atoms with Gasteiger partial charge < -0.3 is 5.11 Å². The van der Waals surface area contributed by atoms with Gasteiger partial charge in [-0.3, -0.25) is 4.68 Å². The summed E-state index contributed by atoms with van der Waals surface area (Å²) in [4.78, 5) is 11.0. The summed E-state index contributed by atoms with van der Waals surface area (Å²) >= 11 is 0. The molecule has 1 aromatic heterocycles. The molecular weight excluding hydrogens is 228 g/mol. The Bertz CT molecular complexity index is 612. The monoisotopic (exact) mass is 242 g/mol. The highest BCUT2D eigenvalue weighted by molar-refractivity contribution is 5.87. The fraction of sp³-hybridized carbons (Fsp3) is 0.286. The molecule has 0 saturated heterocycles. The summed E-state index contributed by atoms with van der Waals surface area (Å²) in [5, 5.41) is 13.4. The molecule has 3 rings (SSSR count). The fourth-order valence-corrected chi connectivity index (χ4v) is 2.28. The zero-order chi connectivity index (χ0) is 12.7. The molecule has 1 aromatic carbocycles. The van der Waals surface area contributed by atoms with Crippen molar-refractivity contribution in [1.29, 1.82) is 0 Å². The maximum Gasteiger partial charge on any atom is 0.354 e. The highest BCUT2D eigenvalue weighted by Gasteiger charge is 2.27. The topological polar surface area (TPSA) is 55.1 Å². The van der Waals surface area contributed by atoms with Gasteiger partial charge in [0, 0.05) is 12.6 Å². The first-order valence-corrected chi connectivity index (χ1v) is 6.03. The van der Waals surface area contributed by atoms with Crippen molar-refractivity contribution >= 4 is 5.97 Å². The van der Waals surface area contributed by atoms with Gasteiger partial charge in [-0.1, -0.05) is 24.3 Å². The lowest BCUT2D eigenvalue weighted by molar-refractivity contribution is 0.0685. The molecule has 0 radical (unpaired) electrons. The third-order valence-corrected chi connectivity index (χ3v) is 3.35. The Morgan fingerprint density at radius 2 is 2.11 bits per heavy atom. The van der Waals surface area contributed by atoms with Crippen LogP contribution in [-0.2, 0) is 7.05 Å². The van der Waals surface area contributed by atoms with Crippen LogP contribution in [0.4, 0.5) is 0 Å². The molecule has 0 atom stereocenters. The number of aryl methyl sites for hydroxylation is 1. The van der Waals surface area contributed by atoms with Gasteiger partial charge in [0.15, 0.2) is 0 Å². The summed E-state index contributed by atoms with van der Waals surface area (Å²) in [5.41, 5.74) is 3.31. The lowest BCUT2D eigenvalue weighted by Crippen LogP contribution is -2.04. The van der Waals surface area contributed by atoms with Gasteiger partial charge in [0.25, 0.3) is 0 Å². The van der Waals surface area contributed by atoms with Crippen molar-refractivity contribution in [3.8, 4) is 11.3 Å². The molecule has 4 heteroatoms. The minimum absolute atomic E-state index is 0.218. The van der Waals surface area contributed by atoms with Crippen LogP contribution in [0.3, 0.4) is 0 Å². The van der Waals surface area contributed by atoms with Crippen LogP contribution in [-0.4, -0.2) is 20.9 Å². The first-order valence-electron chi connectivity index (χ1n) is 6.03. The van der Waals surface area contributed by atoms with E-state index in [1.54, 1.807) is 13.1 Å². The van der Waals surface area contributed by atoms with Gasteiger partial charge in [0.05, 0.1) is 5.69 Å². The van der Waals surface area contributed by atoms with Crippen LogP contribution in [0.25, 0.3) is 11.3 Å². The van der Waals surface area contributed by atoms with Crippen molar-refractivity contribution in [2.24, 2.45) is 7.05 Å². The molecule has 2 aromatic rings. The highest BCUT2D eigenvalue weighted by Crippen LogP contribution is 2.44. The number of aromatic nitrogens is 2. The van der Waals surface area contributed by atoms with E-state index in [2.05, 4.69) is 11.2 Å². The van der Waals surface area contributed by atoms with Crippen LogP contribution < -0.4 is 0 Å². The van der Waals surface area contributed by atoms with E-state index in [-0.39, 0.29) is 5.69 Å². The number of carboxylic acid groups (broad SMARTS) is 1. The fourth-order valence-electron chi connectivity index (χ4n) is 2.28. The van der Waals surface area contributed by atoms with Crippen molar-refractivity contribution in [1.82, 2.24) is 9.78 Å². The molecule has 0 amide bonds. The molecule has 0 unspecified atom stereocenters. The SMILES string of the molecule is Cn1nc(-c2ccccc2C2CC2)cc1C(=O)O. The van der Waals surface area contributed by atoms with Crippen LogP contribution >= 0.6 is 0 Å². The number of rotatable bonds is 3. The number of carbonyl (C=O) groups is 1. The quantitative estimate of drug-likeness (QED) is 0.900. The van der Waals surface area contributed by atoms with Gasteiger partial charge in [0.2, 0.25) is 0 Å². The number of hydrogen-bond donors (Lipinski definition) is 1. The number of carboxylic acids is 1. The minimum atomic E-state index is -0.944. The minimum Gasteiger partial charge on any atom is -0.477 e. The van der Waals surface area contributed by atoms with Gasteiger partial charge >= 0.3 is 5.97 Å². The van der Waals surface area contributed by atoms with Crippen molar-refractivity contribution in [3.63, 3.8) is 0 Å². The zero-order valence-electron chi connectivity index (χ0n) is 10.1. The molecule has 1 aliphatic carbocycles. The van der Waals surface area contributed by atoms with Crippen LogP contribution in [0.5, 0.6) is 0 Å². The van der Waals surface area contributed by atoms with Crippen LogP contribution in [0.15, 0.2) is 30.3 Å². The second kappa shape index (κ2) is 3.98. The van der Waals surface area contributed by atoms with Crippen molar-refractivity contribution < 1.29 is 9.90 Å². The van der Waals surface area contributed by atoms with Crippen molar-refractivity contribution in [2.75, 3.05) is 0 Å². The molecule has 4 nitrogen and oxygen atoms in total. The molecule has 18 heavy (non-hydrogen) atoms. The Kier molecular flexibility index (Phi) is 2.44. The molecule has 1 fully saturated rings. The van der Waals surface area contributed by atoms with E-state index < -0.39 is 5.97 Å². The van der Waals surface area contributed by atoms with Gasteiger partial charge in [-0.05, 0) is 30.4 Å². The third kappa shape index (κ3) is 1.79. The first kappa shape index (κ1) is 11.0. The second-order valence-corrected chi connectivity index (χ2v) is 4.71. The van der Waals surface area contributed by atoms with Gasteiger partial charge in [0.1, 0.15) is 5.69 Å². The molecular formula is C14H14N2O2. The Labute approximate surface area is 105 Å². The lowest BCUT2D eigenvalue weighted by atomic mass is 10.0. The average molecular weight is 242 g/mol. The van der Waals surface area contributed by atoms with E-state index in [0.717, 1.165) is 11.3 Å². The van der Waals surface area contributed by atoms with E-state index in [0.29, 0.717) is 5.92 Å². The van der Waals surface area contributed by atoms with Gasteiger partial charge in [-0.25, -0.2) is 4.79 Å². The summed E-state index contributed by atoms with van der Waals surface area (Å²) in [6.07, 6.45) is 2.44. The summed E-state index contributed by atoms with van der Waals surface area (Å²) in [5.74, 6) is -0.323. The summed E-state index contributed by atoms with van der Waals surface area (Å²) in [6, 6.07) is 9.77. The number of benzene rings is 1. The third-order valence-electron chi connectivity index (χ3n) is 3.35. The predicted molar refractivity (Wildman–Crippen MR) is 67.6 cm³/mol. The number of nitrogens with zero attached hydrogens (tertiary/aromatic N) is 2. The van der Waals surface area contributed by atoms with Crippen molar-refractivity contribution in [3.05, 3.63) is 41.6 Å². The van der Waals surface area contributed by atoms with Gasteiger partial charge in [-0.2, -0.15) is 5.10 Å². The Morgan fingerprint density at radius 1 is 1.39 bits per heavy atom. The molecule has 1 N–H and O–H groups in total. The van der Waals surface area contributed by atoms with Crippen molar-refractivity contribution in [2.45, 2.75) is 18.8 Å². The molecule has 1 aliphatic rings. The molecule has 1 saturated carbocycles. The van der Waals surface area contributed by atoms with Crippen LogP contribution in [0.2, 0.25) is 0 Å². The Balaban J connectivity index is 2.09. The second-order valence-electron chi connectivity index (χ2n) is 4.71. The van der Waals surface area contributed by atoms with Crippen LogP contribution in [0, 0.1) is 0 Å². The standard InChI is InChI=1S/C14H14N2O2/c1-16-13(14(17)18)8-12(15-16)11-5-3-2-4-10(11)9-6-7-9/h2-5,8-9H,6-7H2,1H3,(H,17,18). The number of aromatic carboxylic acids is 1. The maximum absolute atomic E-state index is 11.0. The Hall–Kier alpha value is -2.10. The normalized spacial score (nSPS) is 14.7. The van der Waals surface area contributed by atoms with E-state index in [9.17, 15) is 4.79 Å². The molecule has 1 heterocycles. The van der Waals surface area contributed by atoms with E-state index in [4.69, 9.17) is 5.11 Å². The Morgan fingerprint density at radius 3 is 2.72 bits per heavy atom. The van der Waals surface area contributed by atoms with E-state index >= 15 is 0 Å². The predicted octanol–water partition coefficient (Wildman–Crippen LogP) is 2.66. The zero-order valence-corrected chi connectivity index (χ0v) is 10.1. The average Bonchev–Trinajstić information content (AvgIpc) is 3.12. The summed E-state index contributed by atoms with van der Waals surface area (Å²) in [7, 11) is 1.66. The highest BCUT2D eigenvalue weighted by atomic mass is 16.4. The smallest absolute Gasteiger partial charge is 0.354 e. The maximum atomic E-state index is 11.0. The van der Waals surface area contributed by atoms with E-state index in [1.165, 1.54) is 23.1 Å².